The molecule has 0 saturated carbocycles. The molecule has 1 aliphatic heterocycles. The number of aromatic nitrogens is 3. The highest BCUT2D eigenvalue weighted by atomic mass is 32.1. The molecule has 0 atom stereocenters. The zero-order valence-electron chi connectivity index (χ0n) is 12.8. The molecule has 1 N–H and O–H groups in total. The Bertz CT molecular complexity index is 697. The van der Waals surface area contributed by atoms with Crippen molar-refractivity contribution in [1.82, 2.24) is 19.4 Å². The number of likely N-dealkylation sites (tertiary alicyclic amines) is 1. The van der Waals surface area contributed by atoms with Crippen molar-refractivity contribution in [2.75, 3.05) is 27.2 Å². The zero-order chi connectivity index (χ0) is 15.0. The van der Waals surface area contributed by atoms with Crippen LogP contribution in [0.15, 0.2) is 12.1 Å². The van der Waals surface area contributed by atoms with Gasteiger partial charge in [0.05, 0.1) is 12.6 Å². The van der Waals surface area contributed by atoms with E-state index in [9.17, 15) is 0 Å². The van der Waals surface area contributed by atoms with E-state index in [2.05, 4.69) is 33.4 Å². The topological polar surface area (TPSA) is 46.1 Å². The molecule has 3 rings (SSSR count). The Hall–Kier alpha value is -1.40. The molecule has 0 bridgehead atoms. The molecule has 3 heterocycles. The summed E-state index contributed by atoms with van der Waals surface area (Å²) >= 11 is 5.49. The Morgan fingerprint density at radius 3 is 2.76 bits per heavy atom. The summed E-state index contributed by atoms with van der Waals surface area (Å²) in [7, 11) is 3.82. The number of pyridine rings is 1. The van der Waals surface area contributed by atoms with Crippen molar-refractivity contribution < 1.29 is 4.74 Å². The lowest BCUT2D eigenvalue weighted by Gasteiger charge is -2.38. The predicted molar refractivity (Wildman–Crippen MR) is 86.3 cm³/mol. The highest BCUT2D eigenvalue weighted by Crippen LogP contribution is 2.33. The molecule has 0 spiro atoms. The third kappa shape index (κ3) is 2.82. The van der Waals surface area contributed by atoms with E-state index in [0.717, 1.165) is 35.6 Å². The van der Waals surface area contributed by atoms with Gasteiger partial charge in [-0.25, -0.2) is 0 Å². The van der Waals surface area contributed by atoms with Crippen LogP contribution in [0, 0.1) is 10.2 Å². The summed E-state index contributed by atoms with van der Waals surface area (Å²) in [6.45, 7) is 5.53. The molecule has 1 fully saturated rings. The number of imidazole rings is 1. The number of nitrogens with one attached hydrogen (secondary N) is 1. The van der Waals surface area contributed by atoms with E-state index >= 15 is 0 Å². The van der Waals surface area contributed by atoms with Crippen molar-refractivity contribution in [1.29, 1.82) is 0 Å². The molecule has 114 valence electrons. The largest absolute Gasteiger partial charge is 0.481 e. The normalized spacial score (nSPS) is 19.0. The Morgan fingerprint density at radius 2 is 2.10 bits per heavy atom. The summed E-state index contributed by atoms with van der Waals surface area (Å²) in [4.78, 5) is 10.2. The number of hydrogen-bond donors (Lipinski definition) is 1. The average molecular weight is 306 g/mol. The third-order valence-electron chi connectivity index (χ3n) is 4.54. The van der Waals surface area contributed by atoms with E-state index in [1.54, 1.807) is 7.11 Å². The van der Waals surface area contributed by atoms with Crippen molar-refractivity contribution in [2.45, 2.75) is 26.3 Å². The van der Waals surface area contributed by atoms with Crippen LogP contribution in [0.5, 0.6) is 5.88 Å². The van der Waals surface area contributed by atoms with Crippen molar-refractivity contribution in [3.05, 3.63) is 16.9 Å². The van der Waals surface area contributed by atoms with Crippen LogP contribution in [-0.2, 0) is 6.54 Å². The molecule has 6 heteroatoms. The maximum Gasteiger partial charge on any atom is 0.215 e. The van der Waals surface area contributed by atoms with Crippen molar-refractivity contribution in [3.63, 3.8) is 0 Å². The Morgan fingerprint density at radius 1 is 1.38 bits per heavy atom. The van der Waals surface area contributed by atoms with E-state index < -0.39 is 0 Å². The molecule has 0 aliphatic carbocycles. The SMILES string of the molecule is COc1ccc2[nH]c(=S)n(CC3(C)CCN(C)CC3)c2n1. The molecule has 0 aromatic carbocycles. The Labute approximate surface area is 129 Å². The lowest BCUT2D eigenvalue weighted by Crippen LogP contribution is -2.38. The number of aromatic amines is 1. The number of hydrogen-bond acceptors (Lipinski definition) is 4. The summed E-state index contributed by atoms with van der Waals surface area (Å²) in [5, 5.41) is 0. The first-order chi connectivity index (χ1) is 10.0. The maximum atomic E-state index is 5.49. The fraction of sp³-hybridized carbons (Fsp3) is 0.600. The lowest BCUT2D eigenvalue weighted by atomic mass is 9.80. The number of ether oxygens (including phenoxy) is 1. The second-order valence-electron chi connectivity index (χ2n) is 6.36. The minimum absolute atomic E-state index is 0.268. The van der Waals surface area contributed by atoms with E-state index in [1.807, 2.05) is 12.1 Å². The molecule has 0 radical (unpaired) electrons. The van der Waals surface area contributed by atoms with Gasteiger partial charge in [0.2, 0.25) is 5.88 Å². The molecule has 2 aromatic heterocycles. The van der Waals surface area contributed by atoms with Crippen LogP contribution in [0.4, 0.5) is 0 Å². The van der Waals surface area contributed by atoms with Crippen LogP contribution >= 0.6 is 12.2 Å². The molecule has 21 heavy (non-hydrogen) atoms. The zero-order valence-corrected chi connectivity index (χ0v) is 13.7. The van der Waals surface area contributed by atoms with Crippen molar-refractivity contribution in [2.24, 2.45) is 5.41 Å². The highest BCUT2D eigenvalue weighted by Gasteiger charge is 2.30. The minimum atomic E-state index is 0.268. The standard InChI is InChI=1S/C15H22N4OS/c1-15(6-8-18(2)9-7-15)10-19-13-11(16-14(19)21)4-5-12(17-13)20-3/h4-5H,6-10H2,1-3H3,(H,16,21). The van der Waals surface area contributed by atoms with Gasteiger partial charge >= 0.3 is 0 Å². The monoisotopic (exact) mass is 306 g/mol. The molecular weight excluding hydrogens is 284 g/mol. The first kappa shape index (κ1) is 14.5. The summed E-state index contributed by atoms with van der Waals surface area (Å²) in [5.74, 6) is 0.624. The van der Waals surface area contributed by atoms with Gasteiger partial charge in [-0.1, -0.05) is 6.92 Å². The fourth-order valence-corrected chi connectivity index (χ4v) is 3.23. The van der Waals surface area contributed by atoms with Crippen LogP contribution in [0.2, 0.25) is 0 Å². The van der Waals surface area contributed by atoms with Gasteiger partial charge in [0, 0.05) is 12.6 Å². The van der Waals surface area contributed by atoms with Crippen LogP contribution in [-0.4, -0.2) is 46.7 Å². The van der Waals surface area contributed by atoms with Gasteiger partial charge in [-0.05, 0) is 56.7 Å². The Balaban J connectivity index is 1.96. The minimum Gasteiger partial charge on any atom is -0.481 e. The van der Waals surface area contributed by atoms with Crippen LogP contribution in [0.25, 0.3) is 11.2 Å². The average Bonchev–Trinajstić information content (AvgIpc) is 2.78. The van der Waals surface area contributed by atoms with Gasteiger partial charge in [0.15, 0.2) is 10.4 Å². The molecule has 1 aliphatic rings. The van der Waals surface area contributed by atoms with E-state index in [0.29, 0.717) is 5.88 Å². The smallest absolute Gasteiger partial charge is 0.215 e. The highest BCUT2D eigenvalue weighted by molar-refractivity contribution is 7.71. The van der Waals surface area contributed by atoms with Crippen molar-refractivity contribution in [3.8, 4) is 5.88 Å². The van der Waals surface area contributed by atoms with Crippen LogP contribution in [0.1, 0.15) is 19.8 Å². The molecule has 5 nitrogen and oxygen atoms in total. The number of fused-ring (bicyclic) bond motifs is 1. The van der Waals surface area contributed by atoms with Gasteiger partial charge in [-0.3, -0.25) is 0 Å². The first-order valence-corrected chi connectivity index (χ1v) is 7.74. The van der Waals surface area contributed by atoms with Crippen molar-refractivity contribution >= 4 is 23.4 Å². The predicted octanol–water partition coefficient (Wildman–Crippen LogP) is 2.83. The van der Waals surface area contributed by atoms with E-state index in [4.69, 9.17) is 17.0 Å². The fourth-order valence-electron chi connectivity index (χ4n) is 2.97. The summed E-state index contributed by atoms with van der Waals surface area (Å²) in [5.41, 5.74) is 2.13. The number of rotatable bonds is 3. The summed E-state index contributed by atoms with van der Waals surface area (Å²) in [6, 6.07) is 3.83. The van der Waals surface area contributed by atoms with Gasteiger partial charge in [0.1, 0.15) is 0 Å². The van der Waals surface area contributed by atoms with Gasteiger partial charge in [-0.15, -0.1) is 0 Å². The third-order valence-corrected chi connectivity index (χ3v) is 4.86. The lowest BCUT2D eigenvalue weighted by molar-refractivity contribution is 0.121. The van der Waals surface area contributed by atoms with Gasteiger partial charge in [-0.2, -0.15) is 4.98 Å². The van der Waals surface area contributed by atoms with E-state index in [-0.39, 0.29) is 5.41 Å². The summed E-state index contributed by atoms with van der Waals surface area (Å²) in [6.07, 6.45) is 2.36. The summed E-state index contributed by atoms with van der Waals surface area (Å²) < 4.78 is 8.10. The van der Waals surface area contributed by atoms with Crippen LogP contribution in [0.3, 0.4) is 0 Å². The quantitative estimate of drug-likeness (QED) is 0.886. The number of methoxy groups -OCH3 is 1. The van der Waals surface area contributed by atoms with E-state index in [1.165, 1.54) is 12.8 Å². The molecule has 1 saturated heterocycles. The first-order valence-electron chi connectivity index (χ1n) is 7.33. The van der Waals surface area contributed by atoms with Gasteiger partial charge < -0.3 is 19.2 Å². The number of H-pyrrole nitrogens is 1. The molecule has 0 amide bonds. The molecule has 2 aromatic rings. The number of nitrogens with zero attached hydrogens (tertiary/aromatic N) is 3. The molecular formula is C15H22N4OS. The van der Waals surface area contributed by atoms with Gasteiger partial charge in [0.25, 0.3) is 0 Å². The maximum absolute atomic E-state index is 5.49. The number of piperidine rings is 1. The second kappa shape index (κ2) is 5.42. The second-order valence-corrected chi connectivity index (χ2v) is 6.74. The Kier molecular flexibility index (Phi) is 3.75. The van der Waals surface area contributed by atoms with Crippen LogP contribution < -0.4 is 4.74 Å². The molecule has 0 unspecified atom stereocenters.